The Morgan fingerprint density at radius 1 is 1.37 bits per heavy atom. The fourth-order valence-corrected chi connectivity index (χ4v) is 2.02. The molecule has 1 aliphatic heterocycles. The molecule has 10 heteroatoms. The van der Waals surface area contributed by atoms with E-state index in [1.807, 2.05) is 0 Å². The molecule has 0 aliphatic carbocycles. The largest absolute Gasteiger partial charge is 1.00 e. The van der Waals surface area contributed by atoms with Crippen LogP contribution < -0.4 is 56.8 Å². The number of rotatable bonds is 2. The third-order valence-corrected chi connectivity index (χ3v) is 2.83. The Hall–Kier alpha value is -0.419. The molecular formula is C9H7BF3KN2O3. The summed E-state index contributed by atoms with van der Waals surface area (Å²) < 4.78 is 38.4. The molecule has 1 aromatic carbocycles. The molecule has 96 valence electrons. The van der Waals surface area contributed by atoms with Crippen molar-refractivity contribution in [3.8, 4) is 0 Å². The molecule has 0 spiro atoms. The van der Waals surface area contributed by atoms with Crippen LogP contribution in [0.25, 0.3) is 0 Å². The molecule has 0 saturated heterocycles. The van der Waals surface area contributed by atoms with Crippen LogP contribution in [-0.2, 0) is 6.54 Å². The number of nitro benzene ring substituents is 1. The average Bonchev–Trinajstić information content (AvgIpc) is 2.52. The first kappa shape index (κ1) is 16.6. The zero-order valence-electron chi connectivity index (χ0n) is 10.2. The first-order valence-electron chi connectivity index (χ1n) is 4.99. The topological polar surface area (TPSA) is 63.4 Å². The number of nitro groups is 1. The molecule has 19 heavy (non-hydrogen) atoms. The van der Waals surface area contributed by atoms with Gasteiger partial charge in [0, 0.05) is 19.7 Å². The zero-order chi connectivity index (χ0) is 13.7. The molecule has 0 saturated carbocycles. The molecule has 0 N–H and O–H groups in total. The Balaban J connectivity index is 0.00000180. The minimum Gasteiger partial charge on any atom is -0.445 e. The third-order valence-electron chi connectivity index (χ3n) is 2.83. The summed E-state index contributed by atoms with van der Waals surface area (Å²) in [6.45, 7) is -5.56. The number of benzene rings is 1. The van der Waals surface area contributed by atoms with Crippen LogP contribution >= 0.6 is 0 Å². The van der Waals surface area contributed by atoms with Crippen LogP contribution in [0.15, 0.2) is 12.1 Å². The summed E-state index contributed by atoms with van der Waals surface area (Å²) in [5.41, 5.74) is -2.26. The number of carbonyl (C=O) groups excluding carboxylic acids is 1. The standard InChI is InChI=1S/C9H7BF3N2O3.K/c1-14-4-5-6(10(11,12)13)2-3-7(15(17)18)8(5)9(14)16;/h2-3H,4H2,1H3;/q-1;+1. The molecule has 0 unspecified atom stereocenters. The second-order valence-corrected chi connectivity index (χ2v) is 4.02. The van der Waals surface area contributed by atoms with Crippen molar-refractivity contribution in [1.29, 1.82) is 0 Å². The van der Waals surface area contributed by atoms with E-state index < -0.39 is 34.5 Å². The van der Waals surface area contributed by atoms with Crippen LogP contribution in [0.5, 0.6) is 0 Å². The number of fused-ring (bicyclic) bond motifs is 1. The molecule has 1 amide bonds. The van der Waals surface area contributed by atoms with E-state index in [9.17, 15) is 27.9 Å². The monoisotopic (exact) mass is 298 g/mol. The van der Waals surface area contributed by atoms with Crippen LogP contribution in [0, 0.1) is 10.1 Å². The van der Waals surface area contributed by atoms with E-state index in [0.29, 0.717) is 6.07 Å². The van der Waals surface area contributed by atoms with E-state index in [2.05, 4.69) is 0 Å². The van der Waals surface area contributed by atoms with Crippen molar-refractivity contribution in [2.24, 2.45) is 0 Å². The van der Waals surface area contributed by atoms with Gasteiger partial charge in [-0.05, 0) is 5.56 Å². The van der Waals surface area contributed by atoms with Gasteiger partial charge in [-0.15, -0.1) is 5.46 Å². The van der Waals surface area contributed by atoms with Crippen LogP contribution in [0.3, 0.4) is 0 Å². The second-order valence-electron chi connectivity index (χ2n) is 4.02. The molecule has 1 aromatic rings. The zero-order valence-corrected chi connectivity index (χ0v) is 13.3. The maximum absolute atomic E-state index is 12.8. The van der Waals surface area contributed by atoms with Gasteiger partial charge in [0.2, 0.25) is 0 Å². The molecule has 0 fully saturated rings. The fraction of sp³-hybridized carbons (Fsp3) is 0.222. The maximum atomic E-state index is 12.8. The normalized spacial score (nSPS) is 14.1. The Bertz CT molecular complexity index is 564. The van der Waals surface area contributed by atoms with E-state index in [1.165, 1.54) is 7.05 Å². The number of hydrogen-bond acceptors (Lipinski definition) is 3. The van der Waals surface area contributed by atoms with Gasteiger partial charge < -0.3 is 17.8 Å². The molecule has 2 rings (SSSR count). The quantitative estimate of drug-likeness (QED) is 0.369. The molecule has 1 aliphatic rings. The predicted molar refractivity (Wildman–Crippen MR) is 57.6 cm³/mol. The van der Waals surface area contributed by atoms with Crippen molar-refractivity contribution in [3.05, 3.63) is 33.4 Å². The molecule has 0 bridgehead atoms. The Labute approximate surface area is 148 Å². The summed E-state index contributed by atoms with van der Waals surface area (Å²) in [5, 5.41) is 10.7. The molecule has 0 radical (unpaired) electrons. The number of carbonyl (C=O) groups is 1. The molecule has 0 atom stereocenters. The van der Waals surface area contributed by atoms with Gasteiger partial charge in [0.1, 0.15) is 5.56 Å². The van der Waals surface area contributed by atoms with Crippen molar-refractivity contribution in [1.82, 2.24) is 4.90 Å². The number of nitrogens with zero attached hydrogens (tertiary/aromatic N) is 2. The van der Waals surface area contributed by atoms with Gasteiger partial charge in [-0.25, -0.2) is 0 Å². The average molecular weight is 298 g/mol. The van der Waals surface area contributed by atoms with E-state index in [-0.39, 0.29) is 63.5 Å². The summed E-state index contributed by atoms with van der Waals surface area (Å²) in [4.78, 5) is 22.6. The van der Waals surface area contributed by atoms with Crippen molar-refractivity contribution >= 4 is 24.0 Å². The molecule has 0 aromatic heterocycles. The van der Waals surface area contributed by atoms with Crippen LogP contribution in [0.2, 0.25) is 0 Å². The van der Waals surface area contributed by atoms with Gasteiger partial charge >= 0.3 is 58.4 Å². The van der Waals surface area contributed by atoms with E-state index >= 15 is 0 Å². The van der Waals surface area contributed by atoms with Gasteiger partial charge in [-0.2, -0.15) is 0 Å². The Morgan fingerprint density at radius 3 is 2.42 bits per heavy atom. The van der Waals surface area contributed by atoms with E-state index in [4.69, 9.17) is 0 Å². The SMILES string of the molecule is CN1Cc2c([B-](F)(F)F)ccc([N+](=O)[O-])c2C1=O.[K+]. The van der Waals surface area contributed by atoms with Crippen LogP contribution in [0.4, 0.5) is 18.6 Å². The maximum Gasteiger partial charge on any atom is 1.00 e. The molecule has 1 heterocycles. The predicted octanol–water partition coefficient (Wildman–Crippen LogP) is -1.76. The molecule has 5 nitrogen and oxygen atoms in total. The van der Waals surface area contributed by atoms with E-state index in [0.717, 1.165) is 11.0 Å². The number of halogens is 3. The van der Waals surface area contributed by atoms with Gasteiger partial charge in [0.15, 0.2) is 0 Å². The smallest absolute Gasteiger partial charge is 0.445 e. The summed E-state index contributed by atoms with van der Waals surface area (Å²) >= 11 is 0. The third kappa shape index (κ3) is 2.87. The second kappa shape index (κ2) is 5.52. The van der Waals surface area contributed by atoms with Crippen LogP contribution in [0.1, 0.15) is 15.9 Å². The fourth-order valence-electron chi connectivity index (χ4n) is 2.02. The van der Waals surface area contributed by atoms with Crippen molar-refractivity contribution in [3.63, 3.8) is 0 Å². The summed E-state index contributed by atoms with van der Waals surface area (Å²) in [7, 11) is 1.30. The first-order valence-corrected chi connectivity index (χ1v) is 4.99. The summed E-state index contributed by atoms with van der Waals surface area (Å²) in [6.07, 6.45) is 0. The van der Waals surface area contributed by atoms with Crippen molar-refractivity contribution < 1.29 is 74.0 Å². The Morgan fingerprint density at radius 2 is 1.95 bits per heavy atom. The van der Waals surface area contributed by atoms with E-state index in [1.54, 1.807) is 0 Å². The number of amides is 1. The Kier molecular flexibility index (Phi) is 4.84. The van der Waals surface area contributed by atoms with Crippen molar-refractivity contribution in [2.75, 3.05) is 7.05 Å². The minimum absolute atomic E-state index is 0. The van der Waals surface area contributed by atoms with Gasteiger partial charge in [0.25, 0.3) is 11.6 Å². The van der Waals surface area contributed by atoms with Gasteiger partial charge in [-0.3, -0.25) is 14.9 Å². The van der Waals surface area contributed by atoms with Crippen molar-refractivity contribution in [2.45, 2.75) is 6.54 Å². The van der Waals surface area contributed by atoms with Crippen LogP contribution in [-0.4, -0.2) is 29.8 Å². The summed E-state index contributed by atoms with van der Waals surface area (Å²) in [6, 6.07) is 1.41. The minimum atomic E-state index is -5.30. The van der Waals surface area contributed by atoms with Gasteiger partial charge in [0.05, 0.1) is 4.92 Å². The van der Waals surface area contributed by atoms with Gasteiger partial charge in [-0.1, -0.05) is 6.07 Å². The number of hydrogen-bond donors (Lipinski definition) is 0. The molecular weight excluding hydrogens is 291 g/mol. The first-order chi connectivity index (χ1) is 8.23. The summed E-state index contributed by atoms with van der Waals surface area (Å²) in [5.74, 6) is -0.751.